The lowest BCUT2D eigenvalue weighted by molar-refractivity contribution is -0.274. The van der Waals surface area contributed by atoms with Crippen LogP contribution in [0, 0.1) is 5.92 Å². The number of benzene rings is 1. The standard InChI is InChI=1S/C20H22F3N5O2S/c1-24-19(31-2)14-8-9-28(12-14)17-7-6-16(26-27-17)25-18(29)11-13-4-3-5-15(10-13)30-20(21,22)23/h3-7,10,14H,8-9,11-12H2,1-2H3,(H,25,26,29). The Balaban J connectivity index is 1.56. The fourth-order valence-corrected chi connectivity index (χ4v) is 4.10. The van der Waals surface area contributed by atoms with Crippen LogP contribution < -0.4 is 15.0 Å². The summed E-state index contributed by atoms with van der Waals surface area (Å²) < 4.78 is 40.9. The van der Waals surface area contributed by atoms with E-state index in [0.717, 1.165) is 24.6 Å². The summed E-state index contributed by atoms with van der Waals surface area (Å²) in [7, 11) is 1.80. The smallest absolute Gasteiger partial charge is 0.406 e. The molecular weight excluding hydrogens is 431 g/mol. The van der Waals surface area contributed by atoms with Gasteiger partial charge in [0, 0.05) is 26.1 Å². The van der Waals surface area contributed by atoms with Crippen LogP contribution in [0.25, 0.3) is 0 Å². The number of hydrogen-bond donors (Lipinski definition) is 1. The van der Waals surface area contributed by atoms with E-state index in [9.17, 15) is 18.0 Å². The molecule has 1 aliphatic rings. The second kappa shape index (κ2) is 9.99. The lowest BCUT2D eigenvalue weighted by atomic mass is 10.1. The number of anilines is 2. The van der Waals surface area contributed by atoms with Gasteiger partial charge in [0.25, 0.3) is 0 Å². The van der Waals surface area contributed by atoms with Crippen molar-refractivity contribution in [3.63, 3.8) is 0 Å². The van der Waals surface area contributed by atoms with Gasteiger partial charge in [0.15, 0.2) is 11.6 Å². The molecule has 1 fully saturated rings. The van der Waals surface area contributed by atoms with Crippen LogP contribution in [0.3, 0.4) is 0 Å². The summed E-state index contributed by atoms with van der Waals surface area (Å²) in [5, 5.41) is 12.0. The average molecular weight is 453 g/mol. The van der Waals surface area contributed by atoms with Gasteiger partial charge < -0.3 is 15.0 Å². The number of amides is 1. The molecule has 0 radical (unpaired) electrons. The molecule has 0 spiro atoms. The summed E-state index contributed by atoms with van der Waals surface area (Å²) in [5.41, 5.74) is 0.383. The Kier molecular flexibility index (Phi) is 7.37. The van der Waals surface area contributed by atoms with Gasteiger partial charge in [-0.3, -0.25) is 9.79 Å². The number of carbonyl (C=O) groups excluding carboxylic acids is 1. The topological polar surface area (TPSA) is 79.7 Å². The molecule has 11 heteroatoms. The van der Waals surface area contributed by atoms with Crippen LogP contribution in [0.1, 0.15) is 12.0 Å². The summed E-state index contributed by atoms with van der Waals surface area (Å²) in [4.78, 5) is 18.7. The normalized spacial score (nSPS) is 17.0. The largest absolute Gasteiger partial charge is 0.573 e. The van der Waals surface area contributed by atoms with Gasteiger partial charge in [0.2, 0.25) is 5.91 Å². The lowest BCUT2D eigenvalue weighted by Crippen LogP contribution is -2.23. The predicted octanol–water partition coefficient (Wildman–Crippen LogP) is 3.77. The first-order valence-corrected chi connectivity index (χ1v) is 10.7. The molecule has 2 heterocycles. The van der Waals surface area contributed by atoms with Crippen molar-refractivity contribution in [2.45, 2.75) is 19.2 Å². The number of aliphatic imine (C=N–C) groups is 1. The van der Waals surface area contributed by atoms with Crippen molar-refractivity contribution < 1.29 is 22.7 Å². The van der Waals surface area contributed by atoms with Gasteiger partial charge >= 0.3 is 6.36 Å². The van der Waals surface area contributed by atoms with E-state index >= 15 is 0 Å². The zero-order valence-electron chi connectivity index (χ0n) is 17.0. The quantitative estimate of drug-likeness (QED) is 0.530. The molecule has 1 N–H and O–H groups in total. The summed E-state index contributed by atoms with van der Waals surface area (Å²) in [6.07, 6.45) is -1.90. The number of aromatic nitrogens is 2. The second-order valence-corrected chi connectivity index (χ2v) is 7.72. The van der Waals surface area contributed by atoms with E-state index in [1.807, 2.05) is 6.26 Å². The van der Waals surface area contributed by atoms with Gasteiger partial charge in [0.1, 0.15) is 5.75 Å². The van der Waals surface area contributed by atoms with Gasteiger partial charge in [0.05, 0.1) is 11.5 Å². The molecule has 166 valence electrons. The lowest BCUT2D eigenvalue weighted by Gasteiger charge is -2.17. The van der Waals surface area contributed by atoms with E-state index in [0.29, 0.717) is 17.3 Å². The summed E-state index contributed by atoms with van der Waals surface area (Å²) in [5.74, 6) is 0.569. The zero-order valence-corrected chi connectivity index (χ0v) is 17.8. The summed E-state index contributed by atoms with van der Waals surface area (Å²) >= 11 is 1.65. The fourth-order valence-electron chi connectivity index (χ4n) is 3.40. The maximum absolute atomic E-state index is 12.3. The minimum atomic E-state index is -4.78. The molecule has 0 saturated carbocycles. The Labute approximate surface area is 182 Å². The van der Waals surface area contributed by atoms with E-state index in [1.165, 1.54) is 18.2 Å². The first kappa shape index (κ1) is 22.9. The van der Waals surface area contributed by atoms with Crippen molar-refractivity contribution in [1.29, 1.82) is 0 Å². The van der Waals surface area contributed by atoms with Crippen molar-refractivity contribution in [2.24, 2.45) is 10.9 Å². The van der Waals surface area contributed by atoms with Crippen LogP contribution >= 0.6 is 11.8 Å². The number of carbonyl (C=O) groups is 1. The third-order valence-corrected chi connectivity index (χ3v) is 5.64. The van der Waals surface area contributed by atoms with Crippen molar-refractivity contribution in [3.8, 4) is 5.75 Å². The Bertz CT molecular complexity index is 937. The summed E-state index contributed by atoms with van der Waals surface area (Å²) in [6, 6.07) is 8.73. The number of nitrogens with one attached hydrogen (secondary N) is 1. The number of rotatable bonds is 6. The molecule has 1 aliphatic heterocycles. The Morgan fingerprint density at radius 3 is 2.77 bits per heavy atom. The Hall–Kier alpha value is -2.82. The van der Waals surface area contributed by atoms with Gasteiger partial charge in [-0.2, -0.15) is 0 Å². The van der Waals surface area contributed by atoms with Crippen LogP contribution in [0.5, 0.6) is 5.75 Å². The van der Waals surface area contributed by atoms with Crippen molar-refractivity contribution >= 4 is 34.3 Å². The monoisotopic (exact) mass is 453 g/mol. The fraction of sp³-hybridized carbons (Fsp3) is 0.400. The molecule has 1 saturated heterocycles. The van der Waals surface area contributed by atoms with Crippen LogP contribution in [-0.2, 0) is 11.2 Å². The SMILES string of the molecule is CN=C(SC)C1CCN(c2ccc(NC(=O)Cc3cccc(OC(F)(F)F)c3)nn2)C1. The molecule has 3 rings (SSSR count). The van der Waals surface area contributed by atoms with Crippen LogP contribution in [0.4, 0.5) is 24.8 Å². The van der Waals surface area contributed by atoms with E-state index < -0.39 is 12.3 Å². The highest BCUT2D eigenvalue weighted by atomic mass is 32.2. The predicted molar refractivity (Wildman–Crippen MR) is 115 cm³/mol. The second-order valence-electron chi connectivity index (χ2n) is 6.89. The molecule has 31 heavy (non-hydrogen) atoms. The van der Waals surface area contributed by atoms with E-state index in [-0.39, 0.29) is 18.0 Å². The molecule has 1 atom stereocenters. The molecule has 1 aromatic carbocycles. The summed E-state index contributed by atoms with van der Waals surface area (Å²) in [6.45, 7) is 1.66. The molecular formula is C20H22F3N5O2S. The Morgan fingerprint density at radius 1 is 1.32 bits per heavy atom. The molecule has 7 nitrogen and oxygen atoms in total. The zero-order chi connectivity index (χ0) is 22.4. The minimum absolute atomic E-state index is 0.125. The Morgan fingerprint density at radius 2 is 2.13 bits per heavy atom. The van der Waals surface area contributed by atoms with Gasteiger partial charge in [-0.1, -0.05) is 12.1 Å². The third kappa shape index (κ3) is 6.58. The number of thioether (sulfide) groups is 1. The van der Waals surface area contributed by atoms with E-state index in [2.05, 4.69) is 30.1 Å². The number of alkyl halides is 3. The first-order chi connectivity index (χ1) is 14.8. The van der Waals surface area contributed by atoms with Crippen LogP contribution in [0.15, 0.2) is 41.4 Å². The highest BCUT2D eigenvalue weighted by molar-refractivity contribution is 8.13. The van der Waals surface area contributed by atoms with Crippen molar-refractivity contribution in [1.82, 2.24) is 10.2 Å². The van der Waals surface area contributed by atoms with Crippen LogP contribution in [0.2, 0.25) is 0 Å². The third-order valence-electron chi connectivity index (χ3n) is 4.71. The molecule has 1 amide bonds. The minimum Gasteiger partial charge on any atom is -0.406 e. The number of nitrogens with zero attached hydrogens (tertiary/aromatic N) is 4. The number of halogens is 3. The number of hydrogen-bond acceptors (Lipinski definition) is 7. The average Bonchev–Trinajstić information content (AvgIpc) is 3.18. The van der Waals surface area contributed by atoms with E-state index in [1.54, 1.807) is 37.0 Å². The van der Waals surface area contributed by atoms with Gasteiger partial charge in [-0.05, 0) is 42.5 Å². The highest BCUT2D eigenvalue weighted by Gasteiger charge is 2.31. The molecule has 0 aliphatic carbocycles. The highest BCUT2D eigenvalue weighted by Crippen LogP contribution is 2.26. The maximum atomic E-state index is 12.3. The molecule has 2 aromatic rings. The maximum Gasteiger partial charge on any atom is 0.573 e. The van der Waals surface area contributed by atoms with Crippen LogP contribution in [-0.4, -0.2) is 53.9 Å². The van der Waals surface area contributed by atoms with Crippen molar-refractivity contribution in [2.75, 3.05) is 36.6 Å². The van der Waals surface area contributed by atoms with E-state index in [4.69, 9.17) is 0 Å². The molecule has 0 bridgehead atoms. The number of ether oxygens (including phenoxy) is 1. The van der Waals surface area contributed by atoms with Gasteiger partial charge in [-0.25, -0.2) is 0 Å². The van der Waals surface area contributed by atoms with Gasteiger partial charge in [-0.15, -0.1) is 35.1 Å². The first-order valence-electron chi connectivity index (χ1n) is 9.51. The van der Waals surface area contributed by atoms with Crippen molar-refractivity contribution in [3.05, 3.63) is 42.0 Å². The molecule has 1 aromatic heterocycles. The molecule has 1 unspecified atom stereocenters.